The average Bonchev–Trinajstić information content (AvgIpc) is 2.80. The van der Waals surface area contributed by atoms with Gasteiger partial charge in [0.05, 0.1) is 12.8 Å². The van der Waals surface area contributed by atoms with Gasteiger partial charge in [0, 0.05) is 29.6 Å². The Morgan fingerprint density at radius 2 is 2.12 bits per heavy atom. The first-order valence-corrected chi connectivity index (χ1v) is 5.33. The smallest absolute Gasteiger partial charge is 0.213 e. The third-order valence-electron chi connectivity index (χ3n) is 2.13. The van der Waals surface area contributed by atoms with Crippen LogP contribution in [0.1, 0.15) is 13.8 Å². The van der Waals surface area contributed by atoms with Crippen LogP contribution >= 0.6 is 0 Å². The number of nitrogens with zero attached hydrogens (tertiary/aromatic N) is 2. The van der Waals surface area contributed by atoms with Crippen molar-refractivity contribution in [2.24, 2.45) is 5.92 Å². The maximum absolute atomic E-state index is 5.51. The van der Waals surface area contributed by atoms with Gasteiger partial charge in [-0.25, -0.2) is 4.98 Å². The highest BCUT2D eigenvalue weighted by molar-refractivity contribution is 5.60. The lowest BCUT2D eigenvalue weighted by Crippen LogP contribution is -2.05. The van der Waals surface area contributed by atoms with Crippen molar-refractivity contribution in [3.63, 3.8) is 0 Å². The van der Waals surface area contributed by atoms with Crippen LogP contribution in [0.3, 0.4) is 0 Å². The van der Waals surface area contributed by atoms with Crippen molar-refractivity contribution in [1.82, 2.24) is 15.2 Å². The summed E-state index contributed by atoms with van der Waals surface area (Å²) in [6.45, 7) is 4.91. The van der Waals surface area contributed by atoms with Crippen LogP contribution in [0.15, 0.2) is 30.7 Å². The SMILES string of the molecule is CC(C)COc1ccc(-c2cn[nH]c2)cn1. The number of rotatable bonds is 4. The second kappa shape index (κ2) is 4.79. The Kier molecular flexibility index (Phi) is 3.19. The summed E-state index contributed by atoms with van der Waals surface area (Å²) in [7, 11) is 0. The topological polar surface area (TPSA) is 50.8 Å². The largest absolute Gasteiger partial charge is 0.477 e. The number of pyridine rings is 1. The molecule has 0 saturated heterocycles. The highest BCUT2D eigenvalue weighted by Gasteiger charge is 2.01. The number of hydrogen-bond acceptors (Lipinski definition) is 3. The Bertz CT molecular complexity index is 420. The zero-order chi connectivity index (χ0) is 11.4. The lowest BCUT2D eigenvalue weighted by atomic mass is 10.2. The van der Waals surface area contributed by atoms with E-state index in [1.807, 2.05) is 18.3 Å². The molecule has 0 aliphatic rings. The van der Waals surface area contributed by atoms with Crippen molar-refractivity contribution in [3.8, 4) is 17.0 Å². The van der Waals surface area contributed by atoms with Gasteiger partial charge in [0.15, 0.2) is 0 Å². The van der Waals surface area contributed by atoms with Crippen LogP contribution in [0.5, 0.6) is 5.88 Å². The van der Waals surface area contributed by atoms with E-state index in [0.717, 1.165) is 11.1 Å². The predicted octanol–water partition coefficient (Wildman–Crippen LogP) is 2.51. The first-order chi connectivity index (χ1) is 7.75. The Hall–Kier alpha value is -1.84. The van der Waals surface area contributed by atoms with Crippen molar-refractivity contribution < 1.29 is 4.74 Å². The summed E-state index contributed by atoms with van der Waals surface area (Å²) in [4.78, 5) is 4.24. The summed E-state index contributed by atoms with van der Waals surface area (Å²) in [6.07, 6.45) is 5.40. The first-order valence-electron chi connectivity index (χ1n) is 5.33. The van der Waals surface area contributed by atoms with Crippen molar-refractivity contribution in [2.75, 3.05) is 6.61 Å². The first kappa shape index (κ1) is 10.7. The molecule has 0 unspecified atom stereocenters. The molecule has 2 aromatic heterocycles. The van der Waals surface area contributed by atoms with E-state index in [-0.39, 0.29) is 0 Å². The number of aromatic nitrogens is 3. The highest BCUT2D eigenvalue weighted by Crippen LogP contribution is 2.18. The second-order valence-electron chi connectivity index (χ2n) is 4.08. The molecule has 0 spiro atoms. The fraction of sp³-hybridized carbons (Fsp3) is 0.333. The highest BCUT2D eigenvalue weighted by atomic mass is 16.5. The molecule has 0 aliphatic heterocycles. The van der Waals surface area contributed by atoms with Crippen molar-refractivity contribution in [3.05, 3.63) is 30.7 Å². The Labute approximate surface area is 94.7 Å². The summed E-state index contributed by atoms with van der Waals surface area (Å²) in [5.74, 6) is 1.18. The van der Waals surface area contributed by atoms with Crippen LogP contribution in [0.4, 0.5) is 0 Å². The van der Waals surface area contributed by atoms with Gasteiger partial charge in [-0.15, -0.1) is 0 Å². The molecule has 0 amide bonds. The van der Waals surface area contributed by atoms with Crippen LogP contribution in [-0.4, -0.2) is 21.8 Å². The van der Waals surface area contributed by atoms with Crippen LogP contribution in [0, 0.1) is 5.92 Å². The van der Waals surface area contributed by atoms with E-state index in [4.69, 9.17) is 4.74 Å². The third kappa shape index (κ3) is 2.59. The summed E-state index contributed by atoms with van der Waals surface area (Å²) < 4.78 is 5.51. The van der Waals surface area contributed by atoms with Gasteiger partial charge in [0.2, 0.25) is 5.88 Å². The van der Waals surface area contributed by atoms with Crippen LogP contribution in [-0.2, 0) is 0 Å². The quantitative estimate of drug-likeness (QED) is 0.856. The lowest BCUT2D eigenvalue weighted by Gasteiger charge is -2.07. The molecule has 0 radical (unpaired) electrons. The summed E-state index contributed by atoms with van der Waals surface area (Å²) >= 11 is 0. The fourth-order valence-corrected chi connectivity index (χ4v) is 1.30. The molecule has 16 heavy (non-hydrogen) atoms. The van der Waals surface area contributed by atoms with E-state index >= 15 is 0 Å². The molecule has 0 saturated carbocycles. The molecule has 2 rings (SSSR count). The van der Waals surface area contributed by atoms with Gasteiger partial charge in [0.25, 0.3) is 0 Å². The molecule has 2 aromatic rings. The van der Waals surface area contributed by atoms with Gasteiger partial charge in [-0.1, -0.05) is 13.8 Å². The van der Waals surface area contributed by atoms with E-state index in [2.05, 4.69) is 29.0 Å². The zero-order valence-electron chi connectivity index (χ0n) is 9.47. The van der Waals surface area contributed by atoms with Gasteiger partial charge < -0.3 is 4.74 Å². The zero-order valence-corrected chi connectivity index (χ0v) is 9.47. The Morgan fingerprint density at radius 1 is 1.25 bits per heavy atom. The number of hydrogen-bond donors (Lipinski definition) is 1. The maximum atomic E-state index is 5.51. The van der Waals surface area contributed by atoms with Crippen LogP contribution in [0.2, 0.25) is 0 Å². The lowest BCUT2D eigenvalue weighted by molar-refractivity contribution is 0.261. The molecule has 1 N–H and O–H groups in total. The van der Waals surface area contributed by atoms with E-state index in [1.54, 1.807) is 12.4 Å². The monoisotopic (exact) mass is 217 g/mol. The minimum Gasteiger partial charge on any atom is -0.477 e. The molecule has 4 nitrogen and oxygen atoms in total. The van der Waals surface area contributed by atoms with E-state index in [9.17, 15) is 0 Å². The van der Waals surface area contributed by atoms with Crippen molar-refractivity contribution in [2.45, 2.75) is 13.8 Å². The summed E-state index contributed by atoms with van der Waals surface area (Å²) in [5, 5.41) is 6.67. The molecular weight excluding hydrogens is 202 g/mol. The van der Waals surface area contributed by atoms with Crippen LogP contribution in [0.25, 0.3) is 11.1 Å². The van der Waals surface area contributed by atoms with Gasteiger partial charge in [-0.2, -0.15) is 5.10 Å². The number of aromatic amines is 1. The van der Waals surface area contributed by atoms with Gasteiger partial charge in [0.1, 0.15) is 0 Å². The van der Waals surface area contributed by atoms with Crippen molar-refractivity contribution >= 4 is 0 Å². The summed E-state index contributed by atoms with van der Waals surface area (Å²) in [5.41, 5.74) is 2.06. The molecule has 84 valence electrons. The number of nitrogens with one attached hydrogen (secondary N) is 1. The van der Waals surface area contributed by atoms with E-state index < -0.39 is 0 Å². The molecule has 2 heterocycles. The van der Waals surface area contributed by atoms with E-state index in [0.29, 0.717) is 18.4 Å². The standard InChI is InChI=1S/C12H15N3O/c1-9(2)8-16-12-4-3-10(5-13-12)11-6-14-15-7-11/h3-7,9H,8H2,1-2H3,(H,14,15). The number of ether oxygens (including phenoxy) is 1. The molecular formula is C12H15N3O. The molecule has 0 bridgehead atoms. The average molecular weight is 217 g/mol. The van der Waals surface area contributed by atoms with Gasteiger partial charge in [-0.05, 0) is 12.0 Å². The summed E-state index contributed by atoms with van der Waals surface area (Å²) in [6, 6.07) is 3.86. The molecule has 0 aliphatic carbocycles. The minimum atomic E-state index is 0.510. The Balaban J connectivity index is 2.05. The molecule has 0 aromatic carbocycles. The Morgan fingerprint density at radius 3 is 2.69 bits per heavy atom. The molecule has 4 heteroatoms. The second-order valence-corrected chi connectivity index (χ2v) is 4.08. The van der Waals surface area contributed by atoms with Crippen molar-refractivity contribution in [1.29, 1.82) is 0 Å². The minimum absolute atomic E-state index is 0.510. The van der Waals surface area contributed by atoms with Crippen LogP contribution < -0.4 is 4.74 Å². The normalized spacial score (nSPS) is 10.7. The van der Waals surface area contributed by atoms with Gasteiger partial charge in [-0.3, -0.25) is 5.10 Å². The number of H-pyrrole nitrogens is 1. The van der Waals surface area contributed by atoms with Gasteiger partial charge >= 0.3 is 0 Å². The molecule has 0 atom stereocenters. The maximum Gasteiger partial charge on any atom is 0.213 e. The predicted molar refractivity (Wildman–Crippen MR) is 62.2 cm³/mol. The van der Waals surface area contributed by atoms with E-state index in [1.165, 1.54) is 0 Å². The molecule has 0 fully saturated rings. The third-order valence-corrected chi connectivity index (χ3v) is 2.13. The fourth-order valence-electron chi connectivity index (χ4n) is 1.30.